The number of carbonyl (C=O) groups is 1. The third-order valence-electron chi connectivity index (χ3n) is 4.03. The smallest absolute Gasteiger partial charge is 0.210 e. The van der Waals surface area contributed by atoms with E-state index in [9.17, 15) is 4.79 Å². The van der Waals surface area contributed by atoms with Gasteiger partial charge in [-0.25, -0.2) is 0 Å². The molecule has 1 N–H and O–H groups in total. The SMILES string of the molecule is CNCC1CC2CC2(c2cc(Cl)co2)N1C=O. The fraction of sp³-hybridized carbons (Fsp3) is 0.583. The van der Waals surface area contributed by atoms with Gasteiger partial charge in [-0.05, 0) is 25.8 Å². The van der Waals surface area contributed by atoms with Gasteiger partial charge >= 0.3 is 0 Å². The number of hydrogen-bond donors (Lipinski definition) is 1. The van der Waals surface area contributed by atoms with Crippen molar-refractivity contribution in [2.45, 2.75) is 24.4 Å². The molecule has 1 amide bonds. The van der Waals surface area contributed by atoms with E-state index in [-0.39, 0.29) is 11.6 Å². The van der Waals surface area contributed by atoms with Crippen molar-refractivity contribution in [3.05, 3.63) is 23.1 Å². The van der Waals surface area contributed by atoms with E-state index in [0.29, 0.717) is 10.9 Å². The van der Waals surface area contributed by atoms with Gasteiger partial charge in [-0.2, -0.15) is 0 Å². The number of piperidine rings is 1. The number of nitrogens with one attached hydrogen (secondary N) is 1. The molecule has 92 valence electrons. The summed E-state index contributed by atoms with van der Waals surface area (Å²) in [6.45, 7) is 0.825. The average molecular weight is 255 g/mol. The maximum atomic E-state index is 11.3. The van der Waals surface area contributed by atoms with Crippen LogP contribution in [0.3, 0.4) is 0 Å². The summed E-state index contributed by atoms with van der Waals surface area (Å²) in [7, 11) is 1.91. The molecule has 3 atom stereocenters. The zero-order valence-electron chi connectivity index (χ0n) is 9.65. The number of halogens is 1. The van der Waals surface area contributed by atoms with Gasteiger partial charge < -0.3 is 14.6 Å². The number of fused-ring (bicyclic) bond motifs is 1. The zero-order chi connectivity index (χ0) is 12.0. The lowest BCUT2D eigenvalue weighted by molar-refractivity contribution is -0.122. The Kier molecular flexibility index (Phi) is 2.45. The summed E-state index contributed by atoms with van der Waals surface area (Å²) in [6, 6.07) is 2.10. The van der Waals surface area contributed by atoms with E-state index in [4.69, 9.17) is 16.0 Å². The lowest BCUT2D eigenvalue weighted by Crippen LogP contribution is -2.42. The average Bonchev–Trinajstić information content (AvgIpc) is 2.70. The summed E-state index contributed by atoms with van der Waals surface area (Å²) in [6.07, 6.45) is 4.52. The van der Waals surface area contributed by atoms with Crippen LogP contribution in [-0.2, 0) is 10.3 Å². The van der Waals surface area contributed by atoms with Gasteiger partial charge in [-0.1, -0.05) is 11.6 Å². The van der Waals surface area contributed by atoms with Crippen LogP contribution >= 0.6 is 11.6 Å². The van der Waals surface area contributed by atoms with Crippen molar-refractivity contribution >= 4 is 18.0 Å². The van der Waals surface area contributed by atoms with Gasteiger partial charge in [-0.15, -0.1) is 0 Å². The fourth-order valence-corrected chi connectivity index (χ4v) is 3.39. The molecule has 0 aromatic carbocycles. The predicted molar refractivity (Wildman–Crippen MR) is 63.7 cm³/mol. The van der Waals surface area contributed by atoms with E-state index >= 15 is 0 Å². The number of carbonyl (C=O) groups excluding carboxylic acids is 1. The third kappa shape index (κ3) is 1.44. The highest BCUT2D eigenvalue weighted by Crippen LogP contribution is 2.64. The Hall–Kier alpha value is -1.00. The topological polar surface area (TPSA) is 45.5 Å². The Morgan fingerprint density at radius 3 is 3.18 bits per heavy atom. The second kappa shape index (κ2) is 3.75. The molecule has 0 bridgehead atoms. The Bertz CT molecular complexity index is 447. The molecule has 2 fully saturated rings. The highest BCUT2D eigenvalue weighted by molar-refractivity contribution is 6.30. The van der Waals surface area contributed by atoms with Crippen molar-refractivity contribution in [2.75, 3.05) is 13.6 Å². The Morgan fingerprint density at radius 1 is 1.76 bits per heavy atom. The van der Waals surface area contributed by atoms with Gasteiger partial charge in [0.25, 0.3) is 0 Å². The summed E-state index contributed by atoms with van der Waals surface area (Å²) in [5.41, 5.74) is -0.212. The highest BCUT2D eigenvalue weighted by Gasteiger charge is 2.67. The molecule has 17 heavy (non-hydrogen) atoms. The van der Waals surface area contributed by atoms with Crippen molar-refractivity contribution in [3.63, 3.8) is 0 Å². The van der Waals surface area contributed by atoms with Crippen LogP contribution in [0.5, 0.6) is 0 Å². The van der Waals surface area contributed by atoms with Gasteiger partial charge in [0.15, 0.2) is 0 Å². The van der Waals surface area contributed by atoms with Gasteiger partial charge in [0.2, 0.25) is 6.41 Å². The van der Waals surface area contributed by atoms with Crippen LogP contribution in [-0.4, -0.2) is 30.9 Å². The zero-order valence-corrected chi connectivity index (χ0v) is 10.4. The standard InChI is InChI=1S/C12H15ClN2O2/c1-14-5-10-2-8-4-12(8,15(10)7-16)11-3-9(13)6-17-11/h3,6-8,10,14H,2,4-5H2,1H3. The minimum atomic E-state index is -0.212. The molecule has 1 aromatic heterocycles. The van der Waals surface area contributed by atoms with Crippen molar-refractivity contribution in [3.8, 4) is 0 Å². The van der Waals surface area contributed by atoms with Crippen molar-refractivity contribution in [2.24, 2.45) is 5.92 Å². The first-order valence-electron chi connectivity index (χ1n) is 5.85. The molecule has 1 aliphatic heterocycles. The van der Waals surface area contributed by atoms with Crippen LogP contribution in [0.4, 0.5) is 0 Å². The minimum absolute atomic E-state index is 0.212. The summed E-state index contributed by atoms with van der Waals surface area (Å²) >= 11 is 5.89. The van der Waals surface area contributed by atoms with E-state index in [1.165, 1.54) is 6.26 Å². The largest absolute Gasteiger partial charge is 0.465 e. The summed E-state index contributed by atoms with van der Waals surface area (Å²) in [4.78, 5) is 13.2. The predicted octanol–water partition coefficient (Wildman–Crippen LogP) is 1.60. The van der Waals surface area contributed by atoms with Crippen LogP contribution < -0.4 is 5.32 Å². The second-order valence-electron chi connectivity index (χ2n) is 4.91. The van der Waals surface area contributed by atoms with Crippen LogP contribution in [0, 0.1) is 5.92 Å². The molecule has 0 spiro atoms. The molecule has 1 saturated carbocycles. The van der Waals surface area contributed by atoms with E-state index in [1.807, 2.05) is 18.0 Å². The molecule has 0 radical (unpaired) electrons. The molecule has 5 heteroatoms. The van der Waals surface area contributed by atoms with Crippen molar-refractivity contribution in [1.82, 2.24) is 10.2 Å². The molecule has 1 saturated heterocycles. The van der Waals surface area contributed by atoms with Gasteiger partial charge in [0, 0.05) is 18.7 Å². The number of amides is 1. The maximum absolute atomic E-state index is 11.3. The first-order valence-corrected chi connectivity index (χ1v) is 6.23. The van der Waals surface area contributed by atoms with Crippen LogP contribution in [0.1, 0.15) is 18.6 Å². The number of rotatable bonds is 4. The first-order chi connectivity index (χ1) is 8.22. The molecule has 1 aromatic rings. The van der Waals surface area contributed by atoms with Gasteiger partial charge in [0.1, 0.15) is 17.6 Å². The van der Waals surface area contributed by atoms with Crippen LogP contribution in [0.15, 0.2) is 16.7 Å². The van der Waals surface area contributed by atoms with Crippen LogP contribution in [0.25, 0.3) is 0 Å². The van der Waals surface area contributed by atoms with Crippen molar-refractivity contribution in [1.29, 1.82) is 0 Å². The van der Waals surface area contributed by atoms with E-state index < -0.39 is 0 Å². The second-order valence-corrected chi connectivity index (χ2v) is 5.35. The number of likely N-dealkylation sites (N-methyl/N-ethyl adjacent to an activating group) is 1. The Balaban J connectivity index is 1.91. The fourth-order valence-electron chi connectivity index (χ4n) is 3.25. The van der Waals surface area contributed by atoms with E-state index in [1.54, 1.807) is 0 Å². The first kappa shape index (κ1) is 11.1. The number of hydrogen-bond acceptors (Lipinski definition) is 3. The number of furan rings is 1. The van der Waals surface area contributed by atoms with E-state index in [0.717, 1.165) is 31.6 Å². The molecular weight excluding hydrogens is 240 g/mol. The molecule has 2 heterocycles. The molecule has 3 unspecified atom stereocenters. The summed E-state index contributed by atoms with van der Waals surface area (Å²) in [5.74, 6) is 1.35. The normalized spacial score (nSPS) is 34.8. The Morgan fingerprint density at radius 2 is 2.59 bits per heavy atom. The van der Waals surface area contributed by atoms with Gasteiger partial charge in [0.05, 0.1) is 5.02 Å². The minimum Gasteiger partial charge on any atom is -0.465 e. The summed E-state index contributed by atoms with van der Waals surface area (Å²) in [5, 5.41) is 3.73. The monoisotopic (exact) mass is 254 g/mol. The molecular formula is C12H15ClN2O2. The molecule has 2 aliphatic rings. The van der Waals surface area contributed by atoms with Crippen molar-refractivity contribution < 1.29 is 9.21 Å². The van der Waals surface area contributed by atoms with Gasteiger partial charge in [-0.3, -0.25) is 4.79 Å². The molecule has 4 nitrogen and oxygen atoms in total. The maximum Gasteiger partial charge on any atom is 0.210 e. The lowest BCUT2D eigenvalue weighted by atomic mass is 10.1. The lowest BCUT2D eigenvalue weighted by Gasteiger charge is -2.29. The molecule has 3 rings (SSSR count). The third-order valence-corrected chi connectivity index (χ3v) is 4.23. The number of likely N-dealkylation sites (tertiary alicyclic amines) is 1. The Labute approximate surface area is 105 Å². The molecule has 1 aliphatic carbocycles. The van der Waals surface area contributed by atoms with Crippen LogP contribution in [0.2, 0.25) is 5.02 Å². The quantitative estimate of drug-likeness (QED) is 0.831. The van der Waals surface area contributed by atoms with E-state index in [2.05, 4.69) is 5.32 Å². The number of nitrogens with zero attached hydrogens (tertiary/aromatic N) is 1. The highest BCUT2D eigenvalue weighted by atomic mass is 35.5. The summed E-state index contributed by atoms with van der Waals surface area (Å²) < 4.78 is 5.50.